The molecule has 1 heterocycles. The summed E-state index contributed by atoms with van der Waals surface area (Å²) in [6.45, 7) is 0. The molecule has 2 aromatic rings. The van der Waals surface area contributed by atoms with Gasteiger partial charge in [0.2, 0.25) is 0 Å². The molecule has 1 fully saturated rings. The molecule has 0 radical (unpaired) electrons. The number of benzene rings is 2. The Bertz CT molecular complexity index is 795. The lowest BCUT2D eigenvalue weighted by molar-refractivity contribution is -0.103. The zero-order chi connectivity index (χ0) is 19.5. The van der Waals surface area contributed by atoms with Gasteiger partial charge < -0.3 is 9.64 Å². The van der Waals surface area contributed by atoms with Gasteiger partial charge in [0.15, 0.2) is 5.78 Å². The highest BCUT2D eigenvalue weighted by atomic mass is 16.5. The van der Waals surface area contributed by atoms with Crippen LogP contribution < -0.4 is 0 Å². The fourth-order valence-corrected chi connectivity index (χ4v) is 5.06. The normalized spacial score (nSPS) is 25.5. The molecule has 148 valence electrons. The predicted molar refractivity (Wildman–Crippen MR) is 112 cm³/mol. The number of fused-ring (bicyclic) bond motifs is 1. The van der Waals surface area contributed by atoms with Crippen molar-refractivity contribution in [3.05, 3.63) is 71.3 Å². The summed E-state index contributed by atoms with van der Waals surface area (Å²) in [5.74, 6) is 0.731. The number of Topliss-reactive ketones (excluding diaryl/α,β-unsaturated/α-hetero) is 1. The number of ether oxygens (including phenoxy) is 1. The van der Waals surface area contributed by atoms with E-state index in [0.29, 0.717) is 12.3 Å². The Morgan fingerprint density at radius 2 is 1.57 bits per heavy atom. The van der Waals surface area contributed by atoms with Crippen LogP contribution in [0, 0.1) is 5.92 Å². The van der Waals surface area contributed by atoms with Gasteiger partial charge in [0.1, 0.15) is 0 Å². The Kier molecular flexibility index (Phi) is 5.93. The van der Waals surface area contributed by atoms with Crippen molar-refractivity contribution in [2.24, 2.45) is 5.92 Å². The first-order chi connectivity index (χ1) is 13.6. The molecule has 1 aliphatic carbocycles. The van der Waals surface area contributed by atoms with Gasteiger partial charge >= 0.3 is 0 Å². The van der Waals surface area contributed by atoms with E-state index in [-0.39, 0.29) is 24.0 Å². The van der Waals surface area contributed by atoms with Crippen molar-refractivity contribution in [2.75, 3.05) is 14.1 Å². The van der Waals surface area contributed by atoms with Crippen molar-refractivity contribution in [2.45, 2.75) is 56.8 Å². The molecule has 0 unspecified atom stereocenters. The van der Waals surface area contributed by atoms with Gasteiger partial charge in [-0.3, -0.25) is 4.79 Å². The van der Waals surface area contributed by atoms with E-state index in [2.05, 4.69) is 43.3 Å². The summed E-state index contributed by atoms with van der Waals surface area (Å²) in [5, 5.41) is 0. The first kappa shape index (κ1) is 19.4. The van der Waals surface area contributed by atoms with Crippen LogP contribution in [0.2, 0.25) is 0 Å². The van der Waals surface area contributed by atoms with Crippen LogP contribution in [0.15, 0.2) is 54.6 Å². The van der Waals surface area contributed by atoms with Gasteiger partial charge in [-0.15, -0.1) is 0 Å². The van der Waals surface area contributed by atoms with Gasteiger partial charge in [0.05, 0.1) is 18.2 Å². The maximum absolute atomic E-state index is 12.9. The Labute approximate surface area is 168 Å². The van der Waals surface area contributed by atoms with Crippen LogP contribution in [0.3, 0.4) is 0 Å². The summed E-state index contributed by atoms with van der Waals surface area (Å²) in [6, 6.07) is 18.4. The maximum Gasteiger partial charge on any atom is 0.165 e. The molecule has 0 spiro atoms. The lowest BCUT2D eigenvalue weighted by atomic mass is 9.77. The molecule has 0 bridgehead atoms. The minimum Gasteiger partial charge on any atom is -0.368 e. The second-order valence-electron chi connectivity index (χ2n) is 8.52. The van der Waals surface area contributed by atoms with Crippen molar-refractivity contribution >= 4 is 5.78 Å². The minimum absolute atomic E-state index is 0.152. The molecule has 0 amide bonds. The van der Waals surface area contributed by atoms with Gasteiger partial charge in [-0.25, -0.2) is 0 Å². The van der Waals surface area contributed by atoms with E-state index in [1.54, 1.807) is 0 Å². The molecule has 4 rings (SSSR count). The van der Waals surface area contributed by atoms with E-state index in [4.69, 9.17) is 4.74 Å². The monoisotopic (exact) mass is 377 g/mol. The Morgan fingerprint density at radius 3 is 2.25 bits per heavy atom. The number of hydrogen-bond donors (Lipinski definition) is 0. The van der Waals surface area contributed by atoms with Crippen molar-refractivity contribution in [1.29, 1.82) is 0 Å². The average molecular weight is 378 g/mol. The van der Waals surface area contributed by atoms with Crippen LogP contribution in [-0.2, 0) is 4.74 Å². The van der Waals surface area contributed by atoms with Crippen LogP contribution >= 0.6 is 0 Å². The van der Waals surface area contributed by atoms with E-state index in [0.717, 1.165) is 5.56 Å². The molecule has 28 heavy (non-hydrogen) atoms. The number of nitrogens with zero attached hydrogens (tertiary/aromatic N) is 1. The van der Waals surface area contributed by atoms with Gasteiger partial charge in [0.25, 0.3) is 0 Å². The van der Waals surface area contributed by atoms with E-state index >= 15 is 0 Å². The number of carbonyl (C=O) groups is 1. The Balaban J connectivity index is 1.66. The summed E-state index contributed by atoms with van der Waals surface area (Å²) in [7, 11) is 4.30. The van der Waals surface area contributed by atoms with Gasteiger partial charge in [0, 0.05) is 12.0 Å². The van der Waals surface area contributed by atoms with Crippen molar-refractivity contribution < 1.29 is 9.53 Å². The quantitative estimate of drug-likeness (QED) is 0.637. The predicted octanol–water partition coefficient (Wildman–Crippen LogP) is 5.58. The third-order valence-corrected chi connectivity index (χ3v) is 6.43. The molecular formula is C25H31NO2. The zero-order valence-corrected chi connectivity index (χ0v) is 17.0. The lowest BCUT2D eigenvalue weighted by Crippen LogP contribution is -2.43. The molecule has 0 aromatic heterocycles. The summed E-state index contributed by atoms with van der Waals surface area (Å²) < 4.78 is 6.76. The highest BCUT2D eigenvalue weighted by molar-refractivity contribution is 5.96. The van der Waals surface area contributed by atoms with E-state index < -0.39 is 0 Å². The first-order valence-corrected chi connectivity index (χ1v) is 10.6. The fraction of sp³-hybridized carbons (Fsp3) is 0.480. The van der Waals surface area contributed by atoms with Crippen molar-refractivity contribution in [3.63, 3.8) is 0 Å². The largest absolute Gasteiger partial charge is 0.368 e. The van der Waals surface area contributed by atoms with E-state index in [1.807, 2.05) is 30.3 Å². The number of carbonyl (C=O) groups excluding carboxylic acids is 1. The zero-order valence-electron chi connectivity index (χ0n) is 17.0. The maximum atomic E-state index is 12.9. The summed E-state index contributed by atoms with van der Waals surface area (Å²) in [4.78, 5) is 15.2. The molecule has 2 aromatic carbocycles. The topological polar surface area (TPSA) is 29.5 Å². The molecule has 3 nitrogen and oxygen atoms in total. The Hall–Kier alpha value is -1.97. The number of rotatable bonds is 5. The summed E-state index contributed by atoms with van der Waals surface area (Å²) >= 11 is 0. The van der Waals surface area contributed by atoms with E-state index in [9.17, 15) is 4.79 Å². The Morgan fingerprint density at radius 1 is 0.929 bits per heavy atom. The van der Waals surface area contributed by atoms with Gasteiger partial charge in [-0.1, -0.05) is 73.9 Å². The second-order valence-corrected chi connectivity index (χ2v) is 8.52. The summed E-state index contributed by atoms with van der Waals surface area (Å²) in [5.41, 5.74) is 3.28. The van der Waals surface area contributed by atoms with Crippen LogP contribution in [0.4, 0.5) is 0 Å². The molecular weight excluding hydrogens is 346 g/mol. The fourth-order valence-electron chi connectivity index (χ4n) is 5.06. The standard InChI is InChI=1S/C25H31NO2/c1-26(2)24-21-16-10-9-15-20(21)23(17-22(27)18-11-5-3-6-12-18)28-25(24)19-13-7-4-8-14-19/h3,5-6,9-12,15-16,19,23-25H,4,7-8,13-14,17H2,1-2H3/t23-,24-,25+/m0/s1. The average Bonchev–Trinajstić information content (AvgIpc) is 2.74. The molecule has 1 aliphatic heterocycles. The van der Waals surface area contributed by atoms with E-state index in [1.165, 1.54) is 43.2 Å². The molecule has 1 saturated carbocycles. The van der Waals surface area contributed by atoms with Gasteiger partial charge in [-0.05, 0) is 44.0 Å². The second kappa shape index (κ2) is 8.59. The number of ketones is 1. The molecule has 0 saturated heterocycles. The molecule has 2 aliphatic rings. The first-order valence-electron chi connectivity index (χ1n) is 10.6. The smallest absolute Gasteiger partial charge is 0.165 e. The number of hydrogen-bond acceptors (Lipinski definition) is 3. The third-order valence-electron chi connectivity index (χ3n) is 6.43. The molecule has 3 heteroatoms. The van der Waals surface area contributed by atoms with Crippen LogP contribution in [0.1, 0.15) is 72.2 Å². The van der Waals surface area contributed by atoms with Crippen molar-refractivity contribution in [1.82, 2.24) is 4.90 Å². The number of likely N-dealkylation sites (N-methyl/N-ethyl adjacent to an activating group) is 1. The van der Waals surface area contributed by atoms with Crippen LogP contribution in [0.5, 0.6) is 0 Å². The van der Waals surface area contributed by atoms with Gasteiger partial charge in [-0.2, -0.15) is 0 Å². The highest BCUT2D eigenvalue weighted by Gasteiger charge is 2.41. The third kappa shape index (κ3) is 3.92. The van der Waals surface area contributed by atoms with Crippen LogP contribution in [-0.4, -0.2) is 30.9 Å². The minimum atomic E-state index is -0.160. The van der Waals surface area contributed by atoms with Crippen LogP contribution in [0.25, 0.3) is 0 Å². The molecule has 0 N–H and O–H groups in total. The SMILES string of the molecule is CN(C)[C@H]1c2ccccc2[C@H](CC(=O)c2ccccc2)O[C@@H]1C1CCCCC1. The summed E-state index contributed by atoms with van der Waals surface area (Å²) in [6.07, 6.45) is 6.78. The highest BCUT2D eigenvalue weighted by Crippen LogP contribution is 2.46. The lowest BCUT2D eigenvalue weighted by Gasteiger charge is -2.45. The molecule has 3 atom stereocenters. The van der Waals surface area contributed by atoms with Crippen molar-refractivity contribution in [3.8, 4) is 0 Å².